The quantitative estimate of drug-likeness (QED) is 0.589. The van der Waals surface area contributed by atoms with Crippen LogP contribution in [-0.4, -0.2) is 73.0 Å². The number of nitrogens with one attached hydrogen (secondary N) is 1. The monoisotopic (exact) mass is 437 g/mol. The van der Waals surface area contributed by atoms with Crippen LogP contribution in [0.1, 0.15) is 26.3 Å². The first-order chi connectivity index (χ1) is 15.6. The van der Waals surface area contributed by atoms with Crippen molar-refractivity contribution in [1.29, 1.82) is 0 Å². The highest BCUT2D eigenvalue weighted by Gasteiger charge is 2.21. The number of rotatable bonds is 7. The average molecular weight is 437 g/mol. The molecule has 1 aromatic heterocycles. The standard InChI is InChI=1S/C24H27N3O5/c1-31-19-4-2-3-17(13-19)15-27-16-21(23(29)25-7-10-28)20-14-18(5-6-22(20)27)24(30)26-8-11-32-12-9-26/h2-6,13-14,16,28H,7-12,15H2,1H3,(H,25,29). The first-order valence-electron chi connectivity index (χ1n) is 10.6. The Morgan fingerprint density at radius 1 is 1.16 bits per heavy atom. The number of benzene rings is 2. The van der Waals surface area contributed by atoms with Gasteiger partial charge in [0, 0.05) is 48.8 Å². The minimum atomic E-state index is -0.288. The summed E-state index contributed by atoms with van der Waals surface area (Å²) in [5.41, 5.74) is 2.88. The van der Waals surface area contributed by atoms with Gasteiger partial charge in [-0.2, -0.15) is 0 Å². The van der Waals surface area contributed by atoms with E-state index in [0.717, 1.165) is 16.8 Å². The van der Waals surface area contributed by atoms with Crippen molar-refractivity contribution < 1.29 is 24.2 Å². The van der Waals surface area contributed by atoms with Crippen LogP contribution in [-0.2, 0) is 11.3 Å². The molecule has 0 atom stereocenters. The largest absolute Gasteiger partial charge is 0.497 e. The summed E-state index contributed by atoms with van der Waals surface area (Å²) in [6.07, 6.45) is 1.79. The summed E-state index contributed by atoms with van der Waals surface area (Å²) < 4.78 is 12.6. The molecule has 0 unspecified atom stereocenters. The molecule has 1 saturated heterocycles. The fourth-order valence-corrected chi connectivity index (χ4v) is 3.92. The second-order valence-electron chi connectivity index (χ2n) is 7.64. The summed E-state index contributed by atoms with van der Waals surface area (Å²) in [4.78, 5) is 27.5. The number of aliphatic hydroxyl groups is 1. The van der Waals surface area contributed by atoms with Crippen LogP contribution in [0.2, 0.25) is 0 Å². The van der Waals surface area contributed by atoms with E-state index < -0.39 is 0 Å². The molecule has 0 radical (unpaired) electrons. The third-order valence-electron chi connectivity index (χ3n) is 5.56. The Labute approximate surface area is 186 Å². The lowest BCUT2D eigenvalue weighted by molar-refractivity contribution is 0.0303. The average Bonchev–Trinajstić information content (AvgIpc) is 3.20. The van der Waals surface area contributed by atoms with Gasteiger partial charge < -0.3 is 29.4 Å². The fraction of sp³-hybridized carbons (Fsp3) is 0.333. The number of ether oxygens (including phenoxy) is 2. The van der Waals surface area contributed by atoms with Crippen molar-refractivity contribution in [3.05, 3.63) is 65.4 Å². The van der Waals surface area contributed by atoms with Crippen molar-refractivity contribution in [1.82, 2.24) is 14.8 Å². The molecule has 0 aliphatic carbocycles. The number of nitrogens with zero attached hydrogens (tertiary/aromatic N) is 2. The van der Waals surface area contributed by atoms with Crippen LogP contribution in [0.15, 0.2) is 48.7 Å². The van der Waals surface area contributed by atoms with Gasteiger partial charge in [0.25, 0.3) is 11.8 Å². The Morgan fingerprint density at radius 3 is 2.72 bits per heavy atom. The van der Waals surface area contributed by atoms with Crippen molar-refractivity contribution in [3.8, 4) is 5.75 Å². The highest BCUT2D eigenvalue weighted by atomic mass is 16.5. The summed E-state index contributed by atoms with van der Waals surface area (Å²) in [5.74, 6) is 0.403. The maximum Gasteiger partial charge on any atom is 0.254 e. The summed E-state index contributed by atoms with van der Waals surface area (Å²) >= 11 is 0. The van der Waals surface area contributed by atoms with Crippen LogP contribution in [0.3, 0.4) is 0 Å². The molecular weight excluding hydrogens is 410 g/mol. The lowest BCUT2D eigenvalue weighted by Crippen LogP contribution is -2.40. The van der Waals surface area contributed by atoms with Crippen molar-refractivity contribution >= 4 is 22.7 Å². The number of carbonyl (C=O) groups excluding carboxylic acids is 2. The number of morpholine rings is 1. The molecule has 4 rings (SSSR count). The zero-order valence-corrected chi connectivity index (χ0v) is 18.0. The Kier molecular flexibility index (Phi) is 6.72. The van der Waals surface area contributed by atoms with Crippen LogP contribution in [0.25, 0.3) is 10.9 Å². The van der Waals surface area contributed by atoms with Crippen LogP contribution in [0, 0.1) is 0 Å². The highest BCUT2D eigenvalue weighted by molar-refractivity contribution is 6.09. The molecule has 8 heteroatoms. The van der Waals surface area contributed by atoms with Crippen molar-refractivity contribution in [2.75, 3.05) is 46.6 Å². The second kappa shape index (κ2) is 9.84. The molecule has 2 amide bonds. The highest BCUT2D eigenvalue weighted by Crippen LogP contribution is 2.26. The molecule has 168 valence electrons. The van der Waals surface area contributed by atoms with Gasteiger partial charge in [0.15, 0.2) is 0 Å². The first-order valence-corrected chi connectivity index (χ1v) is 10.6. The number of hydrogen-bond donors (Lipinski definition) is 2. The van der Waals surface area contributed by atoms with Gasteiger partial charge in [-0.05, 0) is 35.9 Å². The molecule has 0 bridgehead atoms. The van der Waals surface area contributed by atoms with E-state index in [2.05, 4.69) is 5.32 Å². The Hall–Kier alpha value is -3.36. The fourth-order valence-electron chi connectivity index (χ4n) is 3.92. The van der Waals surface area contributed by atoms with Gasteiger partial charge in [0.05, 0.1) is 32.5 Å². The van der Waals surface area contributed by atoms with Crippen molar-refractivity contribution in [3.63, 3.8) is 0 Å². The smallest absolute Gasteiger partial charge is 0.254 e. The van der Waals surface area contributed by atoms with E-state index in [0.29, 0.717) is 49.4 Å². The number of aliphatic hydroxyl groups excluding tert-OH is 1. The molecule has 2 heterocycles. The van der Waals surface area contributed by atoms with E-state index in [1.165, 1.54) is 0 Å². The van der Waals surface area contributed by atoms with Gasteiger partial charge in [0.2, 0.25) is 0 Å². The number of amides is 2. The molecule has 2 N–H and O–H groups in total. The summed E-state index contributed by atoms with van der Waals surface area (Å²) in [7, 11) is 1.63. The SMILES string of the molecule is COc1cccc(Cn2cc(C(=O)NCCO)c3cc(C(=O)N4CCOCC4)ccc32)c1. The summed E-state index contributed by atoms with van der Waals surface area (Å²) in [5, 5.41) is 12.5. The molecule has 1 aliphatic heterocycles. The van der Waals surface area contributed by atoms with Crippen LogP contribution in [0.4, 0.5) is 0 Å². The number of hydrogen-bond acceptors (Lipinski definition) is 5. The van der Waals surface area contributed by atoms with E-state index in [1.807, 2.05) is 34.9 Å². The normalized spacial score (nSPS) is 13.9. The summed E-state index contributed by atoms with van der Waals surface area (Å²) in [6.45, 7) is 2.72. The van der Waals surface area contributed by atoms with Crippen LogP contribution < -0.4 is 10.1 Å². The van der Waals surface area contributed by atoms with E-state index >= 15 is 0 Å². The van der Waals surface area contributed by atoms with Crippen molar-refractivity contribution in [2.45, 2.75) is 6.54 Å². The van der Waals surface area contributed by atoms with Crippen molar-refractivity contribution in [2.24, 2.45) is 0 Å². The molecule has 1 fully saturated rings. The minimum Gasteiger partial charge on any atom is -0.497 e. The predicted molar refractivity (Wildman–Crippen MR) is 120 cm³/mol. The number of carbonyl (C=O) groups is 2. The first kappa shape index (κ1) is 21.9. The lowest BCUT2D eigenvalue weighted by atomic mass is 10.1. The van der Waals surface area contributed by atoms with E-state index in [9.17, 15) is 9.59 Å². The lowest BCUT2D eigenvalue weighted by Gasteiger charge is -2.26. The van der Waals surface area contributed by atoms with E-state index in [-0.39, 0.29) is 25.0 Å². The zero-order valence-electron chi connectivity index (χ0n) is 18.0. The molecule has 1 aliphatic rings. The Bertz CT molecular complexity index is 1120. The van der Waals surface area contributed by atoms with Crippen LogP contribution >= 0.6 is 0 Å². The number of fused-ring (bicyclic) bond motifs is 1. The van der Waals surface area contributed by atoms with Gasteiger partial charge in [0.1, 0.15) is 5.75 Å². The molecule has 8 nitrogen and oxygen atoms in total. The van der Waals surface area contributed by atoms with E-state index in [4.69, 9.17) is 14.6 Å². The van der Waals surface area contributed by atoms with Crippen LogP contribution in [0.5, 0.6) is 5.75 Å². The van der Waals surface area contributed by atoms with Gasteiger partial charge >= 0.3 is 0 Å². The maximum absolute atomic E-state index is 13.0. The molecule has 3 aromatic rings. The minimum absolute atomic E-state index is 0.0718. The van der Waals surface area contributed by atoms with Gasteiger partial charge in [-0.25, -0.2) is 0 Å². The number of methoxy groups -OCH3 is 1. The third-order valence-corrected chi connectivity index (χ3v) is 5.56. The topological polar surface area (TPSA) is 93.0 Å². The Balaban J connectivity index is 1.72. The molecular formula is C24H27N3O5. The second-order valence-corrected chi connectivity index (χ2v) is 7.64. The van der Waals surface area contributed by atoms with Gasteiger partial charge in [-0.1, -0.05) is 12.1 Å². The molecule has 32 heavy (non-hydrogen) atoms. The molecule has 0 spiro atoms. The maximum atomic E-state index is 13.0. The molecule has 0 saturated carbocycles. The van der Waals surface area contributed by atoms with Gasteiger partial charge in [-0.15, -0.1) is 0 Å². The Morgan fingerprint density at radius 2 is 1.97 bits per heavy atom. The third kappa shape index (κ3) is 4.61. The number of aromatic nitrogens is 1. The predicted octanol–water partition coefficient (Wildman–Crippen LogP) is 1.89. The van der Waals surface area contributed by atoms with Gasteiger partial charge in [-0.3, -0.25) is 9.59 Å². The van der Waals surface area contributed by atoms with E-state index in [1.54, 1.807) is 30.3 Å². The molecule has 2 aromatic carbocycles. The zero-order chi connectivity index (χ0) is 22.5. The summed E-state index contributed by atoms with van der Waals surface area (Å²) in [6, 6.07) is 13.2.